The van der Waals surface area contributed by atoms with Gasteiger partial charge in [-0.3, -0.25) is 0 Å². The van der Waals surface area contributed by atoms with Gasteiger partial charge in [0.05, 0.1) is 10.6 Å². The molecule has 0 amide bonds. The van der Waals surface area contributed by atoms with Crippen LogP contribution in [0.3, 0.4) is 0 Å². The minimum absolute atomic E-state index is 0.00716. The number of carbonyl (C=O) groups is 1. The van der Waals surface area contributed by atoms with Crippen LogP contribution in [-0.4, -0.2) is 22.9 Å². The molecule has 68 valence electrons. The Morgan fingerprint density at radius 1 is 1.54 bits per heavy atom. The van der Waals surface area contributed by atoms with Crippen molar-refractivity contribution < 1.29 is 14.7 Å². The van der Waals surface area contributed by atoms with Crippen LogP contribution < -0.4 is 0 Å². The molecule has 0 aliphatic heterocycles. The quantitative estimate of drug-likeness (QED) is 0.744. The summed E-state index contributed by atoms with van der Waals surface area (Å²) in [5.74, 6) is -1.11. The van der Waals surface area contributed by atoms with Gasteiger partial charge in [-0.1, -0.05) is 11.6 Å². The minimum atomic E-state index is -1.11. The van der Waals surface area contributed by atoms with Crippen molar-refractivity contribution >= 4 is 23.3 Å². The van der Waals surface area contributed by atoms with E-state index in [1.807, 2.05) is 0 Å². The van der Waals surface area contributed by atoms with E-state index in [1.54, 1.807) is 0 Å². The molecule has 0 heterocycles. The summed E-state index contributed by atoms with van der Waals surface area (Å²) in [4.78, 5) is 21.3. The molecule has 0 saturated heterocycles. The van der Waals surface area contributed by atoms with E-state index < -0.39 is 5.97 Å². The average molecular weight is 201 g/mol. The monoisotopic (exact) mass is 200 g/mol. The van der Waals surface area contributed by atoms with Crippen LogP contribution in [0.15, 0.2) is 18.2 Å². The zero-order valence-corrected chi connectivity index (χ0v) is 7.58. The maximum atomic E-state index is 10.8. The first-order chi connectivity index (χ1) is 6.02. The topological polar surface area (TPSA) is 57.4 Å². The highest BCUT2D eigenvalue weighted by Crippen LogP contribution is 2.21. The molecule has 4 nitrogen and oxygen atoms in total. The van der Waals surface area contributed by atoms with E-state index in [4.69, 9.17) is 16.7 Å². The van der Waals surface area contributed by atoms with Crippen LogP contribution in [0.25, 0.3) is 0 Å². The van der Waals surface area contributed by atoms with Gasteiger partial charge in [0, 0.05) is 21.8 Å². The molecule has 0 aromatic heterocycles. The summed E-state index contributed by atoms with van der Waals surface area (Å²) in [5.41, 5.74) is 0.322. The van der Waals surface area contributed by atoms with Crippen molar-refractivity contribution in [3.05, 3.63) is 33.7 Å². The molecule has 0 aliphatic rings. The van der Waals surface area contributed by atoms with Crippen LogP contribution in [0.1, 0.15) is 10.4 Å². The Hall–Kier alpha value is -1.42. The lowest BCUT2D eigenvalue weighted by Gasteiger charge is -1.96. The standard InChI is InChI=1S/C8H6ClNO3/c1-10(13)5-2-3-6(8(11)12)7(9)4-5/h2-4H,1H3/p+1. The molecular formula is C8H7ClNO3+. The number of carboxylic acids is 1. The maximum Gasteiger partial charge on any atom is 0.337 e. The zero-order valence-electron chi connectivity index (χ0n) is 6.82. The van der Waals surface area contributed by atoms with Crippen LogP contribution in [0.5, 0.6) is 0 Å². The van der Waals surface area contributed by atoms with Gasteiger partial charge in [0.15, 0.2) is 7.05 Å². The minimum Gasteiger partial charge on any atom is -0.478 e. The number of benzene rings is 1. The summed E-state index contributed by atoms with van der Waals surface area (Å²) in [5, 5.41) is 8.68. The van der Waals surface area contributed by atoms with Crippen molar-refractivity contribution in [1.29, 1.82) is 0 Å². The molecule has 0 saturated carbocycles. The number of nitroso groups, excluding NO2 is 1. The lowest BCUT2D eigenvalue weighted by Crippen LogP contribution is -1.98. The highest BCUT2D eigenvalue weighted by atomic mass is 35.5. The van der Waals surface area contributed by atoms with Crippen molar-refractivity contribution in [2.75, 3.05) is 7.05 Å². The van der Waals surface area contributed by atoms with Crippen LogP contribution in [-0.2, 0) is 0 Å². The number of halogens is 1. The SMILES string of the molecule is C[N+](=O)c1ccc(C(=O)O)c(Cl)c1. The van der Waals surface area contributed by atoms with E-state index >= 15 is 0 Å². The number of aromatic carboxylic acids is 1. The number of nitrogens with zero attached hydrogens (tertiary/aromatic N) is 1. The molecule has 0 radical (unpaired) electrons. The number of hydrogen-bond donors (Lipinski definition) is 1. The van der Waals surface area contributed by atoms with Gasteiger partial charge in [0.1, 0.15) is 0 Å². The lowest BCUT2D eigenvalue weighted by atomic mass is 10.2. The third-order valence-electron chi connectivity index (χ3n) is 1.55. The molecule has 0 aliphatic carbocycles. The van der Waals surface area contributed by atoms with Crippen LogP contribution in [0.2, 0.25) is 5.02 Å². The first-order valence-electron chi connectivity index (χ1n) is 3.46. The van der Waals surface area contributed by atoms with Gasteiger partial charge in [0.25, 0.3) is 5.69 Å². The van der Waals surface area contributed by atoms with Gasteiger partial charge in [0.2, 0.25) is 0 Å². The van der Waals surface area contributed by atoms with Gasteiger partial charge >= 0.3 is 5.97 Å². The Kier molecular flexibility index (Phi) is 2.63. The summed E-state index contributed by atoms with van der Waals surface area (Å²) in [6, 6.07) is 4.02. The van der Waals surface area contributed by atoms with E-state index in [0.29, 0.717) is 10.4 Å². The van der Waals surface area contributed by atoms with E-state index in [-0.39, 0.29) is 10.6 Å². The Bertz CT molecular complexity index is 376. The predicted molar refractivity (Wildman–Crippen MR) is 47.6 cm³/mol. The van der Waals surface area contributed by atoms with Gasteiger partial charge in [-0.15, -0.1) is 0 Å². The number of carboxylic acid groups (broad SMARTS) is 1. The van der Waals surface area contributed by atoms with Gasteiger partial charge in [-0.25, -0.2) is 4.79 Å². The summed E-state index contributed by atoms with van der Waals surface area (Å²) in [6.45, 7) is 0. The average Bonchev–Trinajstić information content (AvgIpc) is 2.03. The molecule has 1 rings (SSSR count). The first-order valence-corrected chi connectivity index (χ1v) is 3.84. The summed E-state index contributed by atoms with van der Waals surface area (Å²) < 4.78 is 0.609. The van der Waals surface area contributed by atoms with Gasteiger partial charge < -0.3 is 5.11 Å². The highest BCUT2D eigenvalue weighted by molar-refractivity contribution is 6.33. The number of rotatable bonds is 2. The Morgan fingerprint density at radius 3 is 2.54 bits per heavy atom. The molecule has 0 atom stereocenters. The molecule has 0 fully saturated rings. The normalized spacial score (nSPS) is 9.69. The molecular weight excluding hydrogens is 194 g/mol. The Labute approximate surface area is 79.3 Å². The van der Waals surface area contributed by atoms with Crippen molar-refractivity contribution in [2.45, 2.75) is 0 Å². The van der Waals surface area contributed by atoms with Gasteiger partial charge in [-0.2, -0.15) is 0 Å². The molecule has 0 bridgehead atoms. The first kappa shape index (κ1) is 9.67. The zero-order chi connectivity index (χ0) is 10.0. The fraction of sp³-hybridized carbons (Fsp3) is 0.125. The van der Waals surface area contributed by atoms with Crippen LogP contribution >= 0.6 is 11.6 Å². The second-order valence-corrected chi connectivity index (χ2v) is 2.87. The van der Waals surface area contributed by atoms with Crippen molar-refractivity contribution in [2.24, 2.45) is 0 Å². The predicted octanol–water partition coefficient (Wildman–Crippen LogP) is 2.08. The second-order valence-electron chi connectivity index (χ2n) is 2.47. The van der Waals surface area contributed by atoms with Crippen molar-refractivity contribution in [1.82, 2.24) is 0 Å². The lowest BCUT2D eigenvalue weighted by molar-refractivity contribution is -0.428. The van der Waals surface area contributed by atoms with E-state index in [1.165, 1.54) is 25.2 Å². The number of hydrogen-bond acceptors (Lipinski definition) is 2. The summed E-state index contributed by atoms with van der Waals surface area (Å²) in [6.07, 6.45) is 0. The third kappa shape index (κ3) is 2.03. The smallest absolute Gasteiger partial charge is 0.337 e. The van der Waals surface area contributed by atoms with E-state index in [9.17, 15) is 9.70 Å². The Morgan fingerprint density at radius 2 is 2.15 bits per heavy atom. The molecule has 0 unspecified atom stereocenters. The maximum absolute atomic E-state index is 10.8. The summed E-state index contributed by atoms with van der Waals surface area (Å²) in [7, 11) is 1.31. The summed E-state index contributed by atoms with van der Waals surface area (Å²) >= 11 is 5.62. The van der Waals surface area contributed by atoms with E-state index in [0.717, 1.165) is 0 Å². The molecule has 1 N–H and O–H groups in total. The van der Waals surface area contributed by atoms with E-state index in [2.05, 4.69) is 0 Å². The van der Waals surface area contributed by atoms with Crippen LogP contribution in [0, 0.1) is 4.91 Å². The second kappa shape index (κ2) is 3.53. The van der Waals surface area contributed by atoms with Crippen molar-refractivity contribution in [3.8, 4) is 0 Å². The van der Waals surface area contributed by atoms with Crippen molar-refractivity contribution in [3.63, 3.8) is 0 Å². The molecule has 0 spiro atoms. The molecule has 1 aromatic carbocycles. The molecule has 1 aromatic rings. The fourth-order valence-electron chi connectivity index (χ4n) is 0.873. The molecule has 5 heteroatoms. The highest BCUT2D eigenvalue weighted by Gasteiger charge is 2.13. The third-order valence-corrected chi connectivity index (χ3v) is 1.86. The largest absolute Gasteiger partial charge is 0.478 e. The van der Waals surface area contributed by atoms with Crippen LogP contribution in [0.4, 0.5) is 5.69 Å². The fourth-order valence-corrected chi connectivity index (χ4v) is 1.13. The Balaban J connectivity index is 3.20. The molecule has 13 heavy (non-hydrogen) atoms. The van der Waals surface area contributed by atoms with Gasteiger partial charge in [-0.05, 0) is 6.07 Å².